The molecule has 0 atom stereocenters. The molecule has 0 unspecified atom stereocenters. The van der Waals surface area contributed by atoms with E-state index in [1.807, 2.05) is 36.4 Å². The minimum Gasteiger partial charge on any atom is -0.300 e. The number of aromatic nitrogens is 1. The molecule has 0 fully saturated rings. The molecule has 0 N–H and O–H groups in total. The molecule has 0 aliphatic carbocycles. The number of rotatable bonds is 2. The van der Waals surface area contributed by atoms with Gasteiger partial charge in [-0.1, -0.05) is 31.2 Å². The van der Waals surface area contributed by atoms with E-state index in [0.29, 0.717) is 9.20 Å². The Morgan fingerprint density at radius 1 is 1.29 bits per heavy atom. The monoisotopic (exact) mass is 295 g/mol. The van der Waals surface area contributed by atoms with Crippen molar-refractivity contribution in [3.63, 3.8) is 0 Å². The minimum absolute atomic E-state index is 0.0411. The van der Waals surface area contributed by atoms with Gasteiger partial charge in [0.25, 0.3) is 5.56 Å². The molecule has 1 aromatic carbocycles. The van der Waals surface area contributed by atoms with Crippen LogP contribution in [0.5, 0.6) is 0 Å². The van der Waals surface area contributed by atoms with Gasteiger partial charge in [0, 0.05) is 7.05 Å². The van der Waals surface area contributed by atoms with E-state index < -0.39 is 0 Å². The lowest BCUT2D eigenvalue weighted by molar-refractivity contribution is 0.855. The first-order chi connectivity index (χ1) is 10.1. The first kappa shape index (κ1) is 14.8. The van der Waals surface area contributed by atoms with Crippen molar-refractivity contribution < 1.29 is 0 Å². The molecule has 104 valence electrons. The molecule has 0 amide bonds. The van der Waals surface area contributed by atoms with Crippen LogP contribution in [0.3, 0.4) is 0 Å². The Hall–Kier alpha value is -2.63. The van der Waals surface area contributed by atoms with E-state index in [1.54, 1.807) is 13.1 Å². The molecule has 0 aliphatic heterocycles. The van der Waals surface area contributed by atoms with E-state index in [9.17, 15) is 4.79 Å². The second kappa shape index (κ2) is 6.21. The van der Waals surface area contributed by atoms with Crippen LogP contribution in [-0.2, 0) is 13.5 Å². The molecule has 5 heteroatoms. The standard InChI is InChI=1S/C16H13N3OS/c1-3-11-4-6-12(7-5-11)8-14-15(20)19(2)16(21-14)13(9-17)10-18/h4-8H,3H2,1-2H3/b14-8+. The third-order valence-electron chi connectivity index (χ3n) is 3.15. The first-order valence-electron chi connectivity index (χ1n) is 6.41. The maximum atomic E-state index is 12.2. The van der Waals surface area contributed by atoms with Gasteiger partial charge < -0.3 is 4.57 Å². The molecule has 2 rings (SSSR count). The summed E-state index contributed by atoms with van der Waals surface area (Å²) in [5.41, 5.74) is 1.92. The summed E-state index contributed by atoms with van der Waals surface area (Å²) in [6.45, 7) is 2.08. The molecule has 0 bridgehead atoms. The second-order valence-corrected chi connectivity index (χ2v) is 5.50. The molecule has 0 radical (unpaired) electrons. The van der Waals surface area contributed by atoms with Gasteiger partial charge in [0.2, 0.25) is 0 Å². The Balaban J connectivity index is 2.66. The van der Waals surface area contributed by atoms with Gasteiger partial charge in [0.15, 0.2) is 5.57 Å². The van der Waals surface area contributed by atoms with Gasteiger partial charge in [-0.25, -0.2) is 0 Å². The van der Waals surface area contributed by atoms with Crippen molar-refractivity contribution in [1.29, 1.82) is 10.5 Å². The van der Waals surface area contributed by atoms with Gasteiger partial charge in [-0.15, -0.1) is 11.3 Å². The number of hydrogen-bond donors (Lipinski definition) is 0. The predicted octanol–water partition coefficient (Wildman–Crippen LogP) is 1.04. The summed E-state index contributed by atoms with van der Waals surface area (Å²) in [6.07, 6.45) is 2.75. The molecule has 0 spiro atoms. The van der Waals surface area contributed by atoms with Crippen LogP contribution in [0, 0.1) is 22.7 Å². The summed E-state index contributed by atoms with van der Waals surface area (Å²) in [6, 6.07) is 11.6. The second-order valence-electron chi connectivity index (χ2n) is 4.47. The first-order valence-corrected chi connectivity index (χ1v) is 7.23. The Kier molecular flexibility index (Phi) is 4.37. The minimum atomic E-state index is -0.197. The van der Waals surface area contributed by atoms with E-state index >= 15 is 0 Å². The Morgan fingerprint density at radius 2 is 1.90 bits per heavy atom. The highest BCUT2D eigenvalue weighted by Gasteiger charge is 2.05. The van der Waals surface area contributed by atoms with E-state index in [4.69, 9.17) is 10.5 Å². The highest BCUT2D eigenvalue weighted by molar-refractivity contribution is 7.07. The molecule has 0 saturated heterocycles. The lowest BCUT2D eigenvalue weighted by atomic mass is 10.1. The highest BCUT2D eigenvalue weighted by atomic mass is 32.1. The molecule has 0 saturated carbocycles. The van der Waals surface area contributed by atoms with Crippen LogP contribution in [0.25, 0.3) is 11.6 Å². The number of aryl methyl sites for hydroxylation is 1. The van der Waals surface area contributed by atoms with Gasteiger partial charge in [-0.2, -0.15) is 10.5 Å². The lowest BCUT2D eigenvalue weighted by Gasteiger charge is -1.96. The quantitative estimate of drug-likeness (QED) is 0.831. The number of thiazole rings is 1. The predicted molar refractivity (Wildman–Crippen MR) is 82.8 cm³/mol. The summed E-state index contributed by atoms with van der Waals surface area (Å²) in [7, 11) is 1.57. The van der Waals surface area contributed by atoms with Crippen LogP contribution >= 0.6 is 11.3 Å². The molecule has 4 nitrogen and oxygen atoms in total. The smallest absolute Gasteiger partial charge is 0.268 e. The Labute approximate surface area is 126 Å². The van der Waals surface area contributed by atoms with E-state index in [1.165, 1.54) is 10.1 Å². The maximum Gasteiger partial charge on any atom is 0.268 e. The van der Waals surface area contributed by atoms with Gasteiger partial charge in [-0.3, -0.25) is 4.79 Å². The largest absolute Gasteiger partial charge is 0.300 e. The molecule has 1 heterocycles. The summed E-state index contributed by atoms with van der Waals surface area (Å²) in [5, 5.41) is 17.8. The third-order valence-corrected chi connectivity index (χ3v) is 4.33. The fourth-order valence-corrected chi connectivity index (χ4v) is 2.95. The Bertz CT molecular complexity index is 902. The number of hydrogen-bond acceptors (Lipinski definition) is 4. The zero-order valence-electron chi connectivity index (χ0n) is 11.8. The van der Waals surface area contributed by atoms with Crippen molar-refractivity contribution in [2.24, 2.45) is 7.05 Å². The summed E-state index contributed by atoms with van der Waals surface area (Å²) in [4.78, 5) is 12.2. The number of nitriles is 2. The van der Waals surface area contributed by atoms with Crippen LogP contribution in [0.15, 0.2) is 29.1 Å². The van der Waals surface area contributed by atoms with E-state index in [0.717, 1.165) is 23.3 Å². The summed E-state index contributed by atoms with van der Waals surface area (Å²) < 4.78 is 2.25. The maximum absolute atomic E-state index is 12.2. The van der Waals surface area contributed by atoms with Crippen molar-refractivity contribution in [3.8, 4) is 12.1 Å². The number of nitrogens with zero attached hydrogens (tertiary/aromatic N) is 3. The van der Waals surface area contributed by atoms with Gasteiger partial charge in [-0.05, 0) is 23.6 Å². The summed E-state index contributed by atoms with van der Waals surface area (Å²) >= 11 is 1.16. The van der Waals surface area contributed by atoms with Gasteiger partial charge in [0.05, 0.1) is 4.53 Å². The van der Waals surface area contributed by atoms with E-state index in [-0.39, 0.29) is 11.1 Å². The topological polar surface area (TPSA) is 69.6 Å². The van der Waals surface area contributed by atoms with E-state index in [2.05, 4.69) is 6.92 Å². The van der Waals surface area contributed by atoms with Crippen molar-refractivity contribution >= 4 is 23.0 Å². The average molecular weight is 295 g/mol. The summed E-state index contributed by atoms with van der Waals surface area (Å²) in [5.74, 6) is 0. The fraction of sp³-hybridized carbons (Fsp3) is 0.188. The molecule has 0 aliphatic rings. The van der Waals surface area contributed by atoms with Crippen LogP contribution in [0.1, 0.15) is 18.1 Å². The highest BCUT2D eigenvalue weighted by Crippen LogP contribution is 2.05. The normalized spacial score (nSPS) is 11.0. The Morgan fingerprint density at radius 3 is 2.43 bits per heavy atom. The van der Waals surface area contributed by atoms with Crippen molar-refractivity contribution in [1.82, 2.24) is 4.57 Å². The lowest BCUT2D eigenvalue weighted by Crippen LogP contribution is -2.29. The van der Waals surface area contributed by atoms with Crippen molar-refractivity contribution in [2.45, 2.75) is 13.3 Å². The SMILES string of the molecule is CCc1ccc(/C=c2/sc(=C(C#N)C#N)n(C)c2=O)cc1. The van der Waals surface area contributed by atoms with Crippen LogP contribution in [-0.4, -0.2) is 4.57 Å². The molecular weight excluding hydrogens is 282 g/mol. The van der Waals surface area contributed by atoms with Crippen LogP contribution in [0.4, 0.5) is 0 Å². The molecule has 21 heavy (non-hydrogen) atoms. The number of benzene rings is 1. The van der Waals surface area contributed by atoms with Gasteiger partial charge in [0.1, 0.15) is 16.8 Å². The third kappa shape index (κ3) is 2.94. The van der Waals surface area contributed by atoms with Crippen LogP contribution in [0.2, 0.25) is 0 Å². The molecule has 2 aromatic rings. The van der Waals surface area contributed by atoms with Crippen LogP contribution < -0.4 is 14.8 Å². The molecular formula is C16H13N3OS. The fourth-order valence-electron chi connectivity index (χ4n) is 1.91. The zero-order valence-corrected chi connectivity index (χ0v) is 12.6. The van der Waals surface area contributed by atoms with Gasteiger partial charge >= 0.3 is 0 Å². The molecule has 1 aromatic heterocycles. The zero-order chi connectivity index (χ0) is 15.4. The average Bonchev–Trinajstić information content (AvgIpc) is 2.78. The van der Waals surface area contributed by atoms with Crippen molar-refractivity contribution in [3.05, 3.63) is 54.9 Å². The van der Waals surface area contributed by atoms with Crippen molar-refractivity contribution in [2.75, 3.05) is 0 Å².